The third-order valence-electron chi connectivity index (χ3n) is 3.06. The van der Waals surface area contributed by atoms with E-state index in [1.807, 2.05) is 25.1 Å². The van der Waals surface area contributed by atoms with E-state index < -0.39 is 10.0 Å². The van der Waals surface area contributed by atoms with Crippen molar-refractivity contribution in [3.8, 4) is 0 Å². The summed E-state index contributed by atoms with van der Waals surface area (Å²) in [5, 5.41) is 0. The van der Waals surface area contributed by atoms with Crippen molar-refractivity contribution in [2.24, 2.45) is 0 Å². The molecule has 0 aromatic heterocycles. The van der Waals surface area contributed by atoms with Gasteiger partial charge in [-0.15, -0.1) is 0 Å². The summed E-state index contributed by atoms with van der Waals surface area (Å²) in [4.78, 5) is 0.360. The summed E-state index contributed by atoms with van der Waals surface area (Å²) < 4.78 is 26.4. The molecule has 1 aromatic carbocycles. The minimum Gasteiger partial charge on any atom is -0.207 e. The molecule has 3 nitrogen and oxygen atoms in total. The molecule has 0 bridgehead atoms. The molecule has 0 N–H and O–H groups in total. The number of benzene rings is 1. The summed E-state index contributed by atoms with van der Waals surface area (Å²) in [6.45, 7) is 6.59. The van der Waals surface area contributed by atoms with Crippen molar-refractivity contribution in [2.45, 2.75) is 18.2 Å². The molecular formula is C14H17NO2S. The fourth-order valence-electron chi connectivity index (χ4n) is 1.95. The Hall–Kier alpha value is -1.39. The average Bonchev–Trinajstić information content (AvgIpc) is 2.39. The highest BCUT2D eigenvalue weighted by molar-refractivity contribution is 7.89. The Bertz CT molecular complexity index is 570. The van der Waals surface area contributed by atoms with Gasteiger partial charge in [-0.2, -0.15) is 4.31 Å². The summed E-state index contributed by atoms with van der Waals surface area (Å²) in [6, 6.07) is 6.97. The van der Waals surface area contributed by atoms with Crippen LogP contribution >= 0.6 is 0 Å². The Balaban J connectivity index is 2.29. The van der Waals surface area contributed by atoms with Gasteiger partial charge in [0.2, 0.25) is 10.0 Å². The lowest BCUT2D eigenvalue weighted by Gasteiger charge is -2.25. The number of nitrogens with zero attached hydrogens (tertiary/aromatic N) is 1. The lowest BCUT2D eigenvalue weighted by molar-refractivity contribution is 0.431. The molecule has 4 heteroatoms. The van der Waals surface area contributed by atoms with Crippen molar-refractivity contribution in [2.75, 3.05) is 13.1 Å². The van der Waals surface area contributed by atoms with E-state index in [9.17, 15) is 8.42 Å². The normalized spacial score (nSPS) is 17.3. The second kappa shape index (κ2) is 5.08. The predicted octanol–water partition coefficient (Wildman–Crippen LogP) is 2.50. The average molecular weight is 263 g/mol. The first-order valence-corrected chi connectivity index (χ1v) is 7.36. The lowest BCUT2D eigenvalue weighted by Crippen LogP contribution is -2.35. The van der Waals surface area contributed by atoms with Crippen molar-refractivity contribution < 1.29 is 8.42 Å². The van der Waals surface area contributed by atoms with Crippen molar-refractivity contribution >= 4 is 10.0 Å². The number of aryl methyl sites for hydroxylation is 1. The van der Waals surface area contributed by atoms with E-state index in [2.05, 4.69) is 6.58 Å². The van der Waals surface area contributed by atoms with E-state index in [1.54, 1.807) is 18.2 Å². The molecule has 0 fully saturated rings. The summed E-state index contributed by atoms with van der Waals surface area (Å²) in [5.41, 5.74) is 2.02. The summed E-state index contributed by atoms with van der Waals surface area (Å²) >= 11 is 0. The maximum absolute atomic E-state index is 12.4. The Morgan fingerprint density at radius 1 is 1.28 bits per heavy atom. The Morgan fingerprint density at radius 2 is 1.94 bits per heavy atom. The van der Waals surface area contributed by atoms with Crippen LogP contribution in [-0.2, 0) is 10.0 Å². The zero-order valence-corrected chi connectivity index (χ0v) is 11.3. The number of hydrogen-bond acceptors (Lipinski definition) is 2. The molecule has 0 atom stereocenters. The van der Waals surface area contributed by atoms with Crippen LogP contribution in [0, 0.1) is 6.92 Å². The first-order chi connectivity index (χ1) is 8.54. The van der Waals surface area contributed by atoms with Gasteiger partial charge in [-0.25, -0.2) is 8.42 Å². The Labute approximate surface area is 108 Å². The van der Waals surface area contributed by atoms with Gasteiger partial charge < -0.3 is 0 Å². The largest absolute Gasteiger partial charge is 0.243 e. The minimum absolute atomic E-state index is 0.360. The SMILES string of the molecule is C=CC1=CCCN(S(=O)(=O)c2ccc(C)cc2)C1. The van der Waals surface area contributed by atoms with Gasteiger partial charge in [0.05, 0.1) is 4.90 Å². The van der Waals surface area contributed by atoms with E-state index in [0.29, 0.717) is 18.0 Å². The van der Waals surface area contributed by atoms with Crippen LogP contribution < -0.4 is 0 Å². The maximum Gasteiger partial charge on any atom is 0.243 e. The molecule has 1 aliphatic heterocycles. The van der Waals surface area contributed by atoms with Gasteiger partial charge in [0, 0.05) is 13.1 Å². The molecule has 1 aromatic rings. The molecule has 18 heavy (non-hydrogen) atoms. The molecule has 96 valence electrons. The molecule has 0 aliphatic carbocycles. The highest BCUT2D eigenvalue weighted by Gasteiger charge is 2.25. The second-order valence-electron chi connectivity index (χ2n) is 4.42. The van der Waals surface area contributed by atoms with Gasteiger partial charge in [-0.3, -0.25) is 0 Å². The first-order valence-electron chi connectivity index (χ1n) is 5.92. The van der Waals surface area contributed by atoms with Gasteiger partial charge in [-0.1, -0.05) is 36.4 Å². The van der Waals surface area contributed by atoms with E-state index in [1.165, 1.54) is 4.31 Å². The standard InChI is InChI=1S/C14H17NO2S/c1-3-13-5-4-10-15(11-13)18(16,17)14-8-6-12(2)7-9-14/h3,5-9H,1,4,10-11H2,2H3. The molecule has 0 saturated heterocycles. The molecule has 1 aliphatic rings. The van der Waals surface area contributed by atoms with Crippen molar-refractivity contribution in [3.63, 3.8) is 0 Å². The van der Waals surface area contributed by atoms with Gasteiger partial charge in [0.15, 0.2) is 0 Å². The molecule has 1 heterocycles. The van der Waals surface area contributed by atoms with Gasteiger partial charge >= 0.3 is 0 Å². The van der Waals surface area contributed by atoms with Crippen LogP contribution in [0.15, 0.2) is 53.5 Å². The number of sulfonamides is 1. The maximum atomic E-state index is 12.4. The fraction of sp³-hybridized carbons (Fsp3) is 0.286. The van der Waals surface area contributed by atoms with E-state index in [0.717, 1.165) is 17.6 Å². The molecule has 0 spiro atoms. The van der Waals surface area contributed by atoms with Crippen LogP contribution in [0.25, 0.3) is 0 Å². The topological polar surface area (TPSA) is 37.4 Å². The minimum atomic E-state index is -3.38. The third kappa shape index (κ3) is 2.54. The molecule has 0 radical (unpaired) electrons. The van der Waals surface area contributed by atoms with Crippen molar-refractivity contribution in [3.05, 3.63) is 54.1 Å². The van der Waals surface area contributed by atoms with Gasteiger partial charge in [0.25, 0.3) is 0 Å². The Kier molecular flexibility index (Phi) is 3.68. The smallest absolute Gasteiger partial charge is 0.207 e. The summed E-state index contributed by atoms with van der Waals surface area (Å²) in [6.07, 6.45) is 4.50. The first kappa shape index (κ1) is 13.1. The highest BCUT2D eigenvalue weighted by atomic mass is 32.2. The van der Waals surface area contributed by atoms with E-state index in [-0.39, 0.29) is 0 Å². The molecule has 0 saturated carbocycles. The second-order valence-corrected chi connectivity index (χ2v) is 6.36. The predicted molar refractivity (Wildman–Crippen MR) is 72.8 cm³/mol. The zero-order chi connectivity index (χ0) is 13.2. The number of rotatable bonds is 3. The van der Waals surface area contributed by atoms with Crippen LogP contribution in [0.5, 0.6) is 0 Å². The van der Waals surface area contributed by atoms with Gasteiger partial charge in [0.1, 0.15) is 0 Å². The highest BCUT2D eigenvalue weighted by Crippen LogP contribution is 2.21. The quantitative estimate of drug-likeness (QED) is 0.840. The molecule has 0 unspecified atom stereocenters. The molecular weight excluding hydrogens is 246 g/mol. The van der Waals surface area contributed by atoms with E-state index >= 15 is 0 Å². The molecule has 2 rings (SSSR count). The van der Waals surface area contributed by atoms with E-state index in [4.69, 9.17) is 0 Å². The van der Waals surface area contributed by atoms with Crippen LogP contribution in [-0.4, -0.2) is 25.8 Å². The fourth-order valence-corrected chi connectivity index (χ4v) is 3.40. The van der Waals surface area contributed by atoms with Crippen molar-refractivity contribution in [1.82, 2.24) is 4.31 Å². The molecule has 0 amide bonds. The summed E-state index contributed by atoms with van der Waals surface area (Å²) in [5.74, 6) is 0. The van der Waals surface area contributed by atoms with Crippen LogP contribution in [0.3, 0.4) is 0 Å². The Morgan fingerprint density at radius 3 is 2.56 bits per heavy atom. The zero-order valence-electron chi connectivity index (χ0n) is 10.5. The monoisotopic (exact) mass is 263 g/mol. The lowest BCUT2D eigenvalue weighted by atomic mass is 10.1. The van der Waals surface area contributed by atoms with Crippen LogP contribution in [0.2, 0.25) is 0 Å². The summed E-state index contributed by atoms with van der Waals surface area (Å²) in [7, 11) is -3.38. The van der Waals surface area contributed by atoms with Crippen molar-refractivity contribution in [1.29, 1.82) is 0 Å². The van der Waals surface area contributed by atoms with Gasteiger partial charge in [-0.05, 0) is 31.1 Å². The van der Waals surface area contributed by atoms with Crippen LogP contribution in [0.4, 0.5) is 0 Å². The van der Waals surface area contributed by atoms with Crippen LogP contribution in [0.1, 0.15) is 12.0 Å². The third-order valence-corrected chi connectivity index (χ3v) is 4.92. The number of hydrogen-bond donors (Lipinski definition) is 0.